The van der Waals surface area contributed by atoms with E-state index in [0.717, 1.165) is 11.1 Å². The molecule has 0 spiro atoms. The Morgan fingerprint density at radius 1 is 0.714 bits per heavy atom. The lowest BCUT2D eigenvalue weighted by Gasteiger charge is -2.27. The molecule has 5 aromatic carbocycles. The molecule has 0 saturated carbocycles. The van der Waals surface area contributed by atoms with E-state index in [0.29, 0.717) is 37.6 Å². The maximum Gasteiger partial charge on any atom is 0.257 e. The minimum Gasteiger partial charge on any atom is -0.493 e. The molecular formula is C37H34FNO3. The molecule has 4 nitrogen and oxygen atoms in total. The number of carbonyl (C=O) groups excluding carboxylic acids is 1. The van der Waals surface area contributed by atoms with Crippen molar-refractivity contribution in [1.82, 2.24) is 4.90 Å². The van der Waals surface area contributed by atoms with Crippen LogP contribution in [0.1, 0.15) is 45.0 Å². The van der Waals surface area contributed by atoms with Gasteiger partial charge in [0.2, 0.25) is 0 Å². The highest BCUT2D eigenvalue weighted by Crippen LogP contribution is 2.31. The highest BCUT2D eigenvalue weighted by Gasteiger charge is 2.23. The van der Waals surface area contributed by atoms with Crippen LogP contribution in [0.5, 0.6) is 11.5 Å². The molecular weight excluding hydrogens is 525 g/mol. The average Bonchev–Trinajstić information content (AvgIpc) is 3.05. The van der Waals surface area contributed by atoms with E-state index in [4.69, 9.17) is 9.47 Å². The van der Waals surface area contributed by atoms with Crippen molar-refractivity contribution in [2.75, 3.05) is 13.7 Å². The summed E-state index contributed by atoms with van der Waals surface area (Å²) >= 11 is 0. The van der Waals surface area contributed by atoms with Gasteiger partial charge in [-0.15, -0.1) is 0 Å². The number of amides is 1. The van der Waals surface area contributed by atoms with Crippen molar-refractivity contribution < 1.29 is 18.7 Å². The van der Waals surface area contributed by atoms with Crippen molar-refractivity contribution >= 4 is 5.91 Å². The fraction of sp³-hybridized carbons (Fsp3) is 0.162. The number of hydrogen-bond acceptors (Lipinski definition) is 3. The van der Waals surface area contributed by atoms with E-state index in [1.807, 2.05) is 84.9 Å². The van der Waals surface area contributed by atoms with E-state index in [9.17, 15) is 9.18 Å². The van der Waals surface area contributed by atoms with E-state index in [-0.39, 0.29) is 17.4 Å². The summed E-state index contributed by atoms with van der Waals surface area (Å²) in [7, 11) is 1.60. The fourth-order valence-electron chi connectivity index (χ4n) is 5.12. The normalized spacial score (nSPS) is 10.8. The number of rotatable bonds is 12. The Balaban J connectivity index is 1.40. The van der Waals surface area contributed by atoms with Crippen molar-refractivity contribution in [1.29, 1.82) is 0 Å². The molecule has 0 bridgehead atoms. The van der Waals surface area contributed by atoms with Crippen LogP contribution in [-0.4, -0.2) is 24.5 Å². The van der Waals surface area contributed by atoms with Crippen LogP contribution in [0.15, 0.2) is 133 Å². The van der Waals surface area contributed by atoms with E-state index in [1.165, 1.54) is 23.3 Å². The summed E-state index contributed by atoms with van der Waals surface area (Å²) < 4.78 is 26.5. The van der Waals surface area contributed by atoms with E-state index in [2.05, 4.69) is 24.3 Å². The number of halogens is 1. The predicted octanol–water partition coefficient (Wildman–Crippen LogP) is 8.28. The first-order valence-electron chi connectivity index (χ1n) is 14.1. The number of ether oxygens (including phenoxy) is 2. The van der Waals surface area contributed by atoms with Gasteiger partial charge in [0, 0.05) is 19.0 Å². The monoisotopic (exact) mass is 559 g/mol. The van der Waals surface area contributed by atoms with Crippen LogP contribution in [0.25, 0.3) is 0 Å². The maximum atomic E-state index is 14.8. The summed E-state index contributed by atoms with van der Waals surface area (Å²) in [5.74, 6) is 0.388. The minimum absolute atomic E-state index is 0.0586. The summed E-state index contributed by atoms with van der Waals surface area (Å²) in [6, 6.07) is 42.3. The second kappa shape index (κ2) is 14.1. The van der Waals surface area contributed by atoms with Gasteiger partial charge in [-0.2, -0.15) is 0 Å². The van der Waals surface area contributed by atoms with Gasteiger partial charge in [0.15, 0.2) is 11.5 Å². The van der Waals surface area contributed by atoms with E-state index < -0.39 is 5.82 Å². The van der Waals surface area contributed by atoms with Crippen LogP contribution in [-0.2, 0) is 13.2 Å². The Labute approximate surface area is 247 Å². The van der Waals surface area contributed by atoms with Gasteiger partial charge in [-0.25, -0.2) is 4.39 Å². The Hall–Kier alpha value is -4.90. The summed E-state index contributed by atoms with van der Waals surface area (Å²) in [5, 5.41) is 0. The number of nitrogens with zero attached hydrogens (tertiary/aromatic N) is 1. The molecule has 0 saturated heterocycles. The number of hydrogen-bond donors (Lipinski definition) is 0. The number of methoxy groups -OCH3 is 1. The third kappa shape index (κ3) is 7.24. The van der Waals surface area contributed by atoms with Crippen LogP contribution in [0.2, 0.25) is 0 Å². The highest BCUT2D eigenvalue weighted by molar-refractivity contribution is 5.94. The van der Waals surface area contributed by atoms with Crippen molar-refractivity contribution in [3.63, 3.8) is 0 Å². The lowest BCUT2D eigenvalue weighted by molar-refractivity contribution is 0.0734. The molecule has 5 aromatic rings. The van der Waals surface area contributed by atoms with Gasteiger partial charge in [-0.1, -0.05) is 109 Å². The van der Waals surface area contributed by atoms with Crippen molar-refractivity contribution in [3.8, 4) is 11.5 Å². The van der Waals surface area contributed by atoms with Crippen molar-refractivity contribution in [2.24, 2.45) is 0 Å². The third-order valence-corrected chi connectivity index (χ3v) is 7.32. The zero-order chi connectivity index (χ0) is 29.1. The van der Waals surface area contributed by atoms with Crippen molar-refractivity contribution in [3.05, 3.63) is 167 Å². The highest BCUT2D eigenvalue weighted by atomic mass is 19.1. The molecule has 0 atom stereocenters. The first kappa shape index (κ1) is 28.6. The summed E-state index contributed by atoms with van der Waals surface area (Å²) in [4.78, 5) is 15.5. The Morgan fingerprint density at radius 2 is 1.31 bits per heavy atom. The van der Waals surface area contributed by atoms with Gasteiger partial charge in [0.05, 0.1) is 12.7 Å². The molecule has 0 aliphatic heterocycles. The first-order chi connectivity index (χ1) is 20.6. The van der Waals surface area contributed by atoms with Crippen LogP contribution in [0, 0.1) is 5.82 Å². The Bertz CT molecular complexity index is 1540. The second-order valence-corrected chi connectivity index (χ2v) is 10.1. The van der Waals surface area contributed by atoms with Gasteiger partial charge in [-0.3, -0.25) is 4.79 Å². The van der Waals surface area contributed by atoms with Gasteiger partial charge in [0.1, 0.15) is 12.4 Å². The largest absolute Gasteiger partial charge is 0.493 e. The van der Waals surface area contributed by atoms with Gasteiger partial charge < -0.3 is 14.4 Å². The van der Waals surface area contributed by atoms with Crippen molar-refractivity contribution in [2.45, 2.75) is 25.5 Å². The lowest BCUT2D eigenvalue weighted by Crippen LogP contribution is -2.33. The first-order valence-corrected chi connectivity index (χ1v) is 14.1. The third-order valence-electron chi connectivity index (χ3n) is 7.32. The molecule has 0 radical (unpaired) electrons. The Morgan fingerprint density at radius 3 is 1.93 bits per heavy atom. The number of carbonyl (C=O) groups is 1. The average molecular weight is 560 g/mol. The zero-order valence-corrected chi connectivity index (χ0v) is 23.7. The van der Waals surface area contributed by atoms with Gasteiger partial charge >= 0.3 is 0 Å². The molecule has 0 N–H and O–H groups in total. The lowest BCUT2D eigenvalue weighted by atomic mass is 9.88. The van der Waals surface area contributed by atoms with Gasteiger partial charge in [0.25, 0.3) is 5.91 Å². The fourth-order valence-corrected chi connectivity index (χ4v) is 5.12. The summed E-state index contributed by atoms with van der Waals surface area (Å²) in [6.45, 7) is 1.13. The number of benzene rings is 5. The Kier molecular flexibility index (Phi) is 9.63. The predicted molar refractivity (Wildman–Crippen MR) is 164 cm³/mol. The molecule has 0 aromatic heterocycles. The molecule has 0 aliphatic carbocycles. The smallest absolute Gasteiger partial charge is 0.257 e. The zero-order valence-electron chi connectivity index (χ0n) is 23.7. The van der Waals surface area contributed by atoms with E-state index in [1.54, 1.807) is 24.1 Å². The van der Waals surface area contributed by atoms with E-state index >= 15 is 0 Å². The molecule has 1 amide bonds. The molecule has 0 aliphatic rings. The molecule has 212 valence electrons. The standard InChI is InChI=1S/C37H34FNO3/c1-41-36-25-29(21-22-35(36)42-27-28-13-5-2-6-14-28)26-39(37(40)33-19-11-12-20-34(33)38)24-23-32(30-15-7-3-8-16-30)31-17-9-4-10-18-31/h2-22,25,32H,23-24,26-27H2,1H3. The SMILES string of the molecule is COc1cc(CN(CCC(c2ccccc2)c2ccccc2)C(=O)c2ccccc2F)ccc1OCc1ccccc1. The van der Waals surface area contributed by atoms with Gasteiger partial charge in [-0.05, 0) is 52.9 Å². The van der Waals surface area contributed by atoms with Crippen LogP contribution < -0.4 is 9.47 Å². The van der Waals surface area contributed by atoms with Crippen LogP contribution in [0.4, 0.5) is 4.39 Å². The molecule has 42 heavy (non-hydrogen) atoms. The molecule has 5 rings (SSSR count). The summed E-state index contributed by atoms with van der Waals surface area (Å²) in [6.07, 6.45) is 0.670. The maximum absolute atomic E-state index is 14.8. The quantitative estimate of drug-likeness (QED) is 0.154. The summed E-state index contributed by atoms with van der Waals surface area (Å²) in [5.41, 5.74) is 4.31. The van der Waals surface area contributed by atoms with Crippen LogP contribution >= 0.6 is 0 Å². The minimum atomic E-state index is -0.530. The molecule has 0 fully saturated rings. The second-order valence-electron chi connectivity index (χ2n) is 10.1. The van der Waals surface area contributed by atoms with Crippen LogP contribution in [0.3, 0.4) is 0 Å². The topological polar surface area (TPSA) is 38.8 Å². The molecule has 0 unspecified atom stereocenters. The molecule has 0 heterocycles. The molecule has 5 heteroatoms.